The van der Waals surface area contributed by atoms with Crippen molar-refractivity contribution < 1.29 is 15.0 Å². The number of rotatable bonds is 4. The van der Waals surface area contributed by atoms with Crippen molar-refractivity contribution in [2.75, 3.05) is 5.75 Å². The van der Waals surface area contributed by atoms with Gasteiger partial charge in [-0.1, -0.05) is 19.1 Å². The van der Waals surface area contributed by atoms with Crippen molar-refractivity contribution in [1.29, 1.82) is 5.41 Å². The Labute approximate surface area is 127 Å². The molecule has 2 atom stereocenters. The smallest absolute Gasteiger partial charge is 0.307 e. The van der Waals surface area contributed by atoms with E-state index in [9.17, 15) is 9.90 Å². The Morgan fingerprint density at radius 1 is 1.70 bits per heavy atom. The van der Waals surface area contributed by atoms with Crippen molar-refractivity contribution in [3.05, 3.63) is 23.5 Å². The number of carboxylic acid groups (broad SMARTS) is 1. The van der Waals surface area contributed by atoms with Crippen LogP contribution in [0.2, 0.25) is 0 Å². The summed E-state index contributed by atoms with van der Waals surface area (Å²) in [6.45, 7) is 3.48. The van der Waals surface area contributed by atoms with Crippen LogP contribution in [0, 0.1) is 11.3 Å². The maximum absolute atomic E-state index is 10.7. The predicted octanol–water partition coefficient (Wildman–Crippen LogP) is 2.50. The molecule has 0 amide bonds. The highest BCUT2D eigenvalue weighted by Gasteiger charge is 2.18. The Bertz CT molecular complexity index is 486. The number of carbonyl (C=O) groups is 1. The lowest BCUT2D eigenvalue weighted by Gasteiger charge is -2.22. The number of hydrogen-bond donors (Lipinski definition) is 4. The highest BCUT2D eigenvalue weighted by molar-refractivity contribution is 8.17. The van der Waals surface area contributed by atoms with Gasteiger partial charge in [0.15, 0.2) is 0 Å². The SMILES string of the molecule is CC1=CC(O)=CCC1NC(=S)C(=N)SC[C@@H](C)C(=O)O. The fourth-order valence-electron chi connectivity index (χ4n) is 1.56. The van der Waals surface area contributed by atoms with E-state index in [1.807, 2.05) is 6.92 Å². The fourth-order valence-corrected chi connectivity index (χ4v) is 2.63. The van der Waals surface area contributed by atoms with Gasteiger partial charge in [0.2, 0.25) is 0 Å². The second-order valence-electron chi connectivity index (χ2n) is 4.66. The van der Waals surface area contributed by atoms with E-state index in [2.05, 4.69) is 5.32 Å². The van der Waals surface area contributed by atoms with Gasteiger partial charge >= 0.3 is 5.97 Å². The van der Waals surface area contributed by atoms with E-state index >= 15 is 0 Å². The molecule has 110 valence electrons. The average molecular weight is 314 g/mol. The third-order valence-corrected chi connectivity index (χ3v) is 4.51. The lowest BCUT2D eigenvalue weighted by molar-refractivity contribution is -0.140. The zero-order chi connectivity index (χ0) is 15.3. The standard InChI is InChI=1S/C13H18N2O3S2/c1-7-5-9(16)3-4-10(7)15-12(19)11(14)20-6-8(2)13(17)18/h3,5,8,10,14,16H,4,6H2,1-2H3,(H,15,19)(H,17,18)/t8-,10?/m1/s1. The Morgan fingerprint density at radius 2 is 2.35 bits per heavy atom. The molecule has 1 unspecified atom stereocenters. The van der Waals surface area contributed by atoms with Crippen LogP contribution in [0.15, 0.2) is 23.5 Å². The molecule has 0 aromatic rings. The summed E-state index contributed by atoms with van der Waals surface area (Å²) in [4.78, 5) is 11.0. The van der Waals surface area contributed by atoms with Gasteiger partial charge in [0.1, 0.15) is 15.8 Å². The average Bonchev–Trinajstić information content (AvgIpc) is 2.38. The minimum absolute atomic E-state index is 0.0313. The molecule has 0 aliphatic heterocycles. The van der Waals surface area contributed by atoms with Gasteiger partial charge < -0.3 is 15.5 Å². The molecule has 0 heterocycles. The molecular formula is C13H18N2O3S2. The summed E-state index contributed by atoms with van der Waals surface area (Å²) in [6.07, 6.45) is 3.96. The molecule has 1 aliphatic rings. The summed E-state index contributed by atoms with van der Waals surface area (Å²) in [7, 11) is 0. The molecule has 0 bridgehead atoms. The summed E-state index contributed by atoms with van der Waals surface area (Å²) < 4.78 is 0. The maximum Gasteiger partial charge on any atom is 0.307 e. The molecule has 0 fully saturated rings. The third-order valence-electron chi connectivity index (χ3n) is 2.90. The molecule has 0 radical (unpaired) electrons. The lowest BCUT2D eigenvalue weighted by atomic mass is 9.99. The van der Waals surface area contributed by atoms with E-state index in [1.54, 1.807) is 19.1 Å². The summed E-state index contributed by atoms with van der Waals surface area (Å²) in [5, 5.41) is 29.2. The minimum Gasteiger partial charge on any atom is -0.508 e. The zero-order valence-electron chi connectivity index (χ0n) is 11.3. The van der Waals surface area contributed by atoms with Crippen LogP contribution in [0.3, 0.4) is 0 Å². The van der Waals surface area contributed by atoms with Crippen LogP contribution in [0.1, 0.15) is 20.3 Å². The molecule has 1 rings (SSSR count). The van der Waals surface area contributed by atoms with Gasteiger partial charge in [-0.3, -0.25) is 10.2 Å². The summed E-state index contributed by atoms with van der Waals surface area (Å²) in [5.74, 6) is -0.836. The number of allylic oxidation sites excluding steroid dienone is 1. The van der Waals surface area contributed by atoms with Crippen molar-refractivity contribution in [2.24, 2.45) is 5.92 Å². The molecule has 0 saturated heterocycles. The van der Waals surface area contributed by atoms with E-state index in [1.165, 1.54) is 0 Å². The molecule has 0 saturated carbocycles. The summed E-state index contributed by atoms with van der Waals surface area (Å²) in [5.41, 5.74) is 0.948. The summed E-state index contributed by atoms with van der Waals surface area (Å²) >= 11 is 6.27. The Kier molecular flexibility index (Phi) is 6.22. The van der Waals surface area contributed by atoms with Crippen molar-refractivity contribution in [1.82, 2.24) is 5.32 Å². The first-order chi connectivity index (χ1) is 9.31. The highest BCUT2D eigenvalue weighted by Crippen LogP contribution is 2.17. The van der Waals surface area contributed by atoms with Gasteiger partial charge in [-0.05, 0) is 31.1 Å². The van der Waals surface area contributed by atoms with Crippen LogP contribution in [0.4, 0.5) is 0 Å². The number of aliphatic carboxylic acids is 1. The van der Waals surface area contributed by atoms with Gasteiger partial charge in [-0.25, -0.2) is 0 Å². The number of aliphatic hydroxyl groups is 1. The summed E-state index contributed by atoms with van der Waals surface area (Å²) in [6, 6.07) is -0.0313. The monoisotopic (exact) mass is 314 g/mol. The lowest BCUT2D eigenvalue weighted by Crippen LogP contribution is -2.38. The number of hydrogen-bond acceptors (Lipinski definition) is 5. The zero-order valence-corrected chi connectivity index (χ0v) is 13.0. The van der Waals surface area contributed by atoms with Crippen LogP contribution in [0.5, 0.6) is 0 Å². The quantitative estimate of drug-likeness (QED) is 0.362. The van der Waals surface area contributed by atoms with Crippen LogP contribution in [0.25, 0.3) is 0 Å². The topological polar surface area (TPSA) is 93.4 Å². The first-order valence-corrected chi connectivity index (χ1v) is 7.53. The molecule has 20 heavy (non-hydrogen) atoms. The second kappa shape index (κ2) is 7.44. The largest absolute Gasteiger partial charge is 0.508 e. The second-order valence-corrected chi connectivity index (χ2v) is 6.10. The minimum atomic E-state index is -0.879. The maximum atomic E-state index is 10.7. The van der Waals surface area contributed by atoms with Crippen molar-refractivity contribution in [2.45, 2.75) is 26.3 Å². The first-order valence-electron chi connectivity index (χ1n) is 6.13. The number of thiocarbonyl (C=S) groups is 1. The molecule has 5 nitrogen and oxygen atoms in total. The molecule has 0 aromatic heterocycles. The number of carboxylic acids is 1. The molecule has 0 aromatic carbocycles. The Hall–Kier alpha value is -1.34. The van der Waals surface area contributed by atoms with Gasteiger partial charge in [-0.15, -0.1) is 11.8 Å². The molecule has 4 N–H and O–H groups in total. The van der Waals surface area contributed by atoms with Crippen LogP contribution in [-0.4, -0.2) is 38.0 Å². The van der Waals surface area contributed by atoms with Crippen molar-refractivity contribution >= 4 is 40.0 Å². The van der Waals surface area contributed by atoms with Gasteiger partial charge in [0.05, 0.1) is 12.0 Å². The van der Waals surface area contributed by atoms with Crippen LogP contribution < -0.4 is 5.32 Å². The van der Waals surface area contributed by atoms with Gasteiger partial charge in [-0.2, -0.15) is 0 Å². The first kappa shape index (κ1) is 16.7. The van der Waals surface area contributed by atoms with E-state index in [4.69, 9.17) is 22.7 Å². The highest BCUT2D eigenvalue weighted by atomic mass is 32.2. The van der Waals surface area contributed by atoms with Crippen molar-refractivity contribution in [3.8, 4) is 0 Å². The van der Waals surface area contributed by atoms with Crippen LogP contribution >= 0.6 is 24.0 Å². The number of aliphatic hydroxyl groups excluding tert-OH is 1. The normalized spacial score (nSPS) is 19.6. The molecule has 7 heteroatoms. The van der Waals surface area contributed by atoms with Gasteiger partial charge in [0, 0.05) is 5.75 Å². The number of thioether (sulfide) groups is 1. The predicted molar refractivity (Wildman–Crippen MR) is 85.6 cm³/mol. The van der Waals surface area contributed by atoms with E-state index in [0.717, 1.165) is 17.3 Å². The Balaban J connectivity index is 2.45. The number of nitrogens with one attached hydrogen (secondary N) is 2. The van der Waals surface area contributed by atoms with Crippen molar-refractivity contribution in [3.63, 3.8) is 0 Å². The van der Waals surface area contributed by atoms with E-state index < -0.39 is 11.9 Å². The van der Waals surface area contributed by atoms with E-state index in [0.29, 0.717) is 17.2 Å². The molecule has 1 aliphatic carbocycles. The molecule has 0 spiro atoms. The fraction of sp³-hybridized carbons (Fsp3) is 0.462. The Morgan fingerprint density at radius 3 is 2.90 bits per heavy atom. The van der Waals surface area contributed by atoms with Crippen LogP contribution in [-0.2, 0) is 4.79 Å². The van der Waals surface area contributed by atoms with E-state index in [-0.39, 0.29) is 16.8 Å². The third kappa shape index (κ3) is 4.97. The van der Waals surface area contributed by atoms with Gasteiger partial charge in [0.25, 0.3) is 0 Å². The molecular weight excluding hydrogens is 296 g/mol.